The van der Waals surface area contributed by atoms with Gasteiger partial charge in [0.1, 0.15) is 0 Å². The molecule has 2 aromatic rings. The third-order valence-electron chi connectivity index (χ3n) is 4.38. The van der Waals surface area contributed by atoms with Crippen molar-refractivity contribution in [3.8, 4) is 0 Å². The van der Waals surface area contributed by atoms with E-state index >= 15 is 0 Å². The van der Waals surface area contributed by atoms with Crippen molar-refractivity contribution < 1.29 is 18.3 Å². The monoisotopic (exact) mass is 339 g/mol. The highest BCUT2D eigenvalue weighted by molar-refractivity contribution is 5.29. The summed E-state index contributed by atoms with van der Waals surface area (Å²) in [5.41, 5.74) is 0.923. The van der Waals surface area contributed by atoms with Crippen LogP contribution in [0.25, 0.3) is 0 Å². The van der Waals surface area contributed by atoms with Gasteiger partial charge in [-0.25, -0.2) is 0 Å². The molecule has 0 unspecified atom stereocenters. The second-order valence-corrected chi connectivity index (χ2v) is 6.16. The van der Waals surface area contributed by atoms with Gasteiger partial charge in [-0.05, 0) is 31.0 Å². The second-order valence-electron chi connectivity index (χ2n) is 6.16. The molecule has 0 bridgehead atoms. The molecule has 1 aromatic carbocycles. The minimum atomic E-state index is -4.36. The van der Waals surface area contributed by atoms with Gasteiger partial charge in [-0.1, -0.05) is 12.1 Å². The quantitative estimate of drug-likeness (QED) is 0.930. The number of nitrogens with zero attached hydrogens (tertiary/aromatic N) is 3. The first-order valence-corrected chi connectivity index (χ1v) is 7.97. The zero-order chi connectivity index (χ0) is 17.3. The average Bonchev–Trinajstić information content (AvgIpc) is 3.13. The van der Waals surface area contributed by atoms with E-state index in [0.29, 0.717) is 25.1 Å². The van der Waals surface area contributed by atoms with Crippen molar-refractivity contribution in [1.82, 2.24) is 14.7 Å². The summed E-state index contributed by atoms with van der Waals surface area (Å²) in [7, 11) is 0. The van der Waals surface area contributed by atoms with Gasteiger partial charge >= 0.3 is 6.18 Å². The molecule has 1 saturated heterocycles. The molecule has 4 nitrogen and oxygen atoms in total. The minimum absolute atomic E-state index is 0.229. The van der Waals surface area contributed by atoms with Crippen LogP contribution < -0.4 is 0 Å². The summed E-state index contributed by atoms with van der Waals surface area (Å²) in [4.78, 5) is 2.01. The maximum atomic E-state index is 12.9. The molecule has 0 aliphatic carbocycles. The van der Waals surface area contributed by atoms with Crippen LogP contribution in [0.3, 0.4) is 0 Å². The molecule has 7 heteroatoms. The molecular weight excluding hydrogens is 319 g/mol. The van der Waals surface area contributed by atoms with Crippen LogP contribution in [0.4, 0.5) is 13.2 Å². The molecule has 2 atom stereocenters. The summed E-state index contributed by atoms with van der Waals surface area (Å²) >= 11 is 0. The number of benzene rings is 1. The number of rotatable bonds is 4. The van der Waals surface area contributed by atoms with Crippen LogP contribution in [-0.4, -0.2) is 32.4 Å². The Hall–Kier alpha value is -1.86. The van der Waals surface area contributed by atoms with E-state index in [-0.39, 0.29) is 6.04 Å². The first-order valence-electron chi connectivity index (χ1n) is 7.97. The number of hydrogen-bond donors (Lipinski definition) is 1. The number of alkyl halides is 3. The van der Waals surface area contributed by atoms with Crippen LogP contribution in [0.5, 0.6) is 0 Å². The van der Waals surface area contributed by atoms with Crippen molar-refractivity contribution in [1.29, 1.82) is 0 Å². The van der Waals surface area contributed by atoms with Crippen LogP contribution in [0.15, 0.2) is 36.7 Å². The SMILES string of the molecule is CCn1cc(CN2C[C@H](O)C[C@H]2c2cccc(C(F)(F)F)c2)cn1. The summed E-state index contributed by atoms with van der Waals surface area (Å²) in [6, 6.07) is 5.15. The first-order chi connectivity index (χ1) is 11.4. The average molecular weight is 339 g/mol. The van der Waals surface area contributed by atoms with E-state index in [1.807, 2.05) is 18.0 Å². The summed E-state index contributed by atoms with van der Waals surface area (Å²) in [5, 5.41) is 14.2. The number of halogens is 3. The number of β-amino-alcohol motifs (C(OH)–C–C–N with tert-alkyl or cyclic N) is 1. The van der Waals surface area contributed by atoms with Crippen molar-refractivity contribution in [2.45, 2.75) is 44.8 Å². The molecule has 1 N–H and O–H groups in total. The van der Waals surface area contributed by atoms with Gasteiger partial charge in [0.2, 0.25) is 0 Å². The van der Waals surface area contributed by atoms with E-state index in [0.717, 1.165) is 18.2 Å². The van der Waals surface area contributed by atoms with Gasteiger partial charge in [0.15, 0.2) is 0 Å². The van der Waals surface area contributed by atoms with Gasteiger partial charge in [-0.3, -0.25) is 9.58 Å². The maximum Gasteiger partial charge on any atom is 0.416 e. The summed E-state index contributed by atoms with van der Waals surface area (Å²) < 4.78 is 40.6. The van der Waals surface area contributed by atoms with E-state index in [4.69, 9.17) is 0 Å². The smallest absolute Gasteiger partial charge is 0.392 e. The fourth-order valence-corrected chi connectivity index (χ4v) is 3.22. The van der Waals surface area contributed by atoms with Gasteiger partial charge in [-0.15, -0.1) is 0 Å². The number of aryl methyl sites for hydroxylation is 1. The zero-order valence-corrected chi connectivity index (χ0v) is 13.4. The maximum absolute atomic E-state index is 12.9. The van der Waals surface area contributed by atoms with Gasteiger partial charge in [0.05, 0.1) is 17.9 Å². The van der Waals surface area contributed by atoms with E-state index in [1.165, 1.54) is 12.1 Å². The van der Waals surface area contributed by atoms with Gasteiger partial charge in [0, 0.05) is 37.4 Å². The highest BCUT2D eigenvalue weighted by atomic mass is 19.4. The topological polar surface area (TPSA) is 41.3 Å². The van der Waals surface area contributed by atoms with E-state index in [1.54, 1.807) is 16.9 Å². The van der Waals surface area contributed by atoms with Gasteiger partial charge in [-0.2, -0.15) is 18.3 Å². The lowest BCUT2D eigenvalue weighted by Gasteiger charge is -2.24. The fraction of sp³-hybridized carbons (Fsp3) is 0.471. The summed E-state index contributed by atoms with van der Waals surface area (Å²) in [6.45, 7) is 3.75. The van der Waals surface area contributed by atoms with Gasteiger partial charge < -0.3 is 5.11 Å². The molecule has 2 heterocycles. The normalized spacial score (nSPS) is 22.2. The Kier molecular flexibility index (Phi) is 4.64. The Balaban J connectivity index is 1.82. The van der Waals surface area contributed by atoms with Crippen molar-refractivity contribution in [2.75, 3.05) is 6.54 Å². The van der Waals surface area contributed by atoms with Crippen molar-refractivity contribution >= 4 is 0 Å². The van der Waals surface area contributed by atoms with Crippen molar-refractivity contribution in [2.24, 2.45) is 0 Å². The van der Waals surface area contributed by atoms with E-state index in [2.05, 4.69) is 5.10 Å². The summed E-state index contributed by atoms with van der Waals surface area (Å²) in [6.07, 6.45) is -0.778. The van der Waals surface area contributed by atoms with Crippen LogP contribution in [0.2, 0.25) is 0 Å². The Morgan fingerprint density at radius 2 is 2.12 bits per heavy atom. The molecule has 130 valence electrons. The molecule has 1 aliphatic heterocycles. The highest BCUT2D eigenvalue weighted by Gasteiger charge is 2.35. The third kappa shape index (κ3) is 3.62. The number of aliphatic hydroxyl groups is 1. The molecule has 1 fully saturated rings. The number of hydrogen-bond acceptors (Lipinski definition) is 3. The van der Waals surface area contributed by atoms with Gasteiger partial charge in [0.25, 0.3) is 0 Å². The molecular formula is C17H20F3N3O. The Morgan fingerprint density at radius 1 is 1.33 bits per heavy atom. The third-order valence-corrected chi connectivity index (χ3v) is 4.38. The van der Waals surface area contributed by atoms with Crippen LogP contribution in [0.1, 0.15) is 36.1 Å². The van der Waals surface area contributed by atoms with E-state index < -0.39 is 17.8 Å². The van der Waals surface area contributed by atoms with Crippen molar-refractivity contribution in [3.05, 3.63) is 53.3 Å². The largest absolute Gasteiger partial charge is 0.416 e. The lowest BCUT2D eigenvalue weighted by Crippen LogP contribution is -2.24. The number of aromatic nitrogens is 2. The van der Waals surface area contributed by atoms with Crippen LogP contribution in [0, 0.1) is 0 Å². The fourth-order valence-electron chi connectivity index (χ4n) is 3.22. The molecule has 3 rings (SSSR count). The Bertz CT molecular complexity index is 698. The lowest BCUT2D eigenvalue weighted by molar-refractivity contribution is -0.137. The van der Waals surface area contributed by atoms with Crippen LogP contribution in [-0.2, 0) is 19.3 Å². The molecule has 1 aliphatic rings. The molecule has 1 aromatic heterocycles. The molecule has 24 heavy (non-hydrogen) atoms. The number of likely N-dealkylation sites (tertiary alicyclic amines) is 1. The number of aliphatic hydroxyl groups excluding tert-OH is 1. The second kappa shape index (κ2) is 6.57. The lowest BCUT2D eigenvalue weighted by atomic mass is 10.0. The first kappa shape index (κ1) is 17.0. The molecule has 0 radical (unpaired) electrons. The highest BCUT2D eigenvalue weighted by Crippen LogP contribution is 2.36. The zero-order valence-electron chi connectivity index (χ0n) is 13.4. The molecule has 0 saturated carbocycles. The molecule has 0 amide bonds. The minimum Gasteiger partial charge on any atom is -0.392 e. The predicted octanol–water partition coefficient (Wildman–Crippen LogP) is 3.23. The Labute approximate surface area is 138 Å². The van der Waals surface area contributed by atoms with Crippen molar-refractivity contribution in [3.63, 3.8) is 0 Å². The standard InChI is InChI=1S/C17H20F3N3O/c1-2-23-10-12(8-21-23)9-22-11-15(24)7-16(22)13-4-3-5-14(6-13)17(18,19)20/h3-6,8,10,15-16,24H,2,7,9,11H2,1H3/t15-,16+/m1/s1. The summed E-state index contributed by atoms with van der Waals surface area (Å²) in [5.74, 6) is 0. The van der Waals surface area contributed by atoms with E-state index in [9.17, 15) is 18.3 Å². The molecule has 0 spiro atoms. The van der Waals surface area contributed by atoms with Crippen LogP contribution >= 0.6 is 0 Å². The predicted molar refractivity (Wildman–Crippen MR) is 83.1 cm³/mol. The Morgan fingerprint density at radius 3 is 2.79 bits per heavy atom.